The normalized spacial score (nSPS) is 22.8. The summed E-state index contributed by atoms with van der Waals surface area (Å²) in [5.74, 6) is 0.998. The number of anilines is 1. The van der Waals surface area contributed by atoms with Gasteiger partial charge in [0.2, 0.25) is 11.8 Å². The fourth-order valence-corrected chi connectivity index (χ4v) is 6.68. The number of benzene rings is 1. The lowest BCUT2D eigenvalue weighted by Gasteiger charge is -2.39. The molecular weight excluding hydrogens is 468 g/mol. The molecule has 6 rings (SSSR count). The second-order valence-corrected chi connectivity index (χ2v) is 10.9. The minimum Gasteiger partial charge on any atom is -0.365 e. The molecule has 4 N–H and O–H groups in total. The van der Waals surface area contributed by atoms with Crippen LogP contribution >= 0.6 is 0 Å². The van der Waals surface area contributed by atoms with Crippen LogP contribution < -0.4 is 16.0 Å². The van der Waals surface area contributed by atoms with Crippen molar-refractivity contribution in [2.75, 3.05) is 37.6 Å². The van der Waals surface area contributed by atoms with Gasteiger partial charge in [0, 0.05) is 56.2 Å². The minimum atomic E-state index is -0.519. The zero-order chi connectivity index (χ0) is 25.7. The van der Waals surface area contributed by atoms with Crippen LogP contribution in [0.2, 0.25) is 0 Å². The number of amides is 3. The summed E-state index contributed by atoms with van der Waals surface area (Å²) in [5, 5.41) is 4.92. The SMILES string of the molecule is CCC(=O)N1CCC(c2ccc3[nH]c4c(C(N)=O)cnc(N5CCCC6(CCNC6=O)C5)c4c3c2)CC1. The van der Waals surface area contributed by atoms with Gasteiger partial charge in [-0.1, -0.05) is 13.0 Å². The second-order valence-electron chi connectivity index (χ2n) is 10.9. The molecule has 1 spiro atoms. The maximum Gasteiger partial charge on any atom is 0.252 e. The van der Waals surface area contributed by atoms with Crippen molar-refractivity contribution >= 4 is 45.3 Å². The van der Waals surface area contributed by atoms with E-state index in [1.54, 1.807) is 6.20 Å². The number of likely N-dealkylation sites (tertiary alicyclic amines) is 1. The van der Waals surface area contributed by atoms with Gasteiger partial charge in [0.25, 0.3) is 5.91 Å². The Labute approximate surface area is 215 Å². The number of pyridine rings is 1. The van der Waals surface area contributed by atoms with Gasteiger partial charge in [-0.25, -0.2) is 4.98 Å². The molecule has 194 valence electrons. The number of rotatable bonds is 4. The van der Waals surface area contributed by atoms with Gasteiger partial charge < -0.3 is 25.8 Å². The number of piperidine rings is 2. The summed E-state index contributed by atoms with van der Waals surface area (Å²) in [6.07, 6.45) is 6.60. The number of carbonyl (C=O) groups is 3. The Bertz CT molecular complexity index is 1410. The fraction of sp³-hybridized carbons (Fsp3) is 0.500. The lowest BCUT2D eigenvalue weighted by Crippen LogP contribution is -2.47. The van der Waals surface area contributed by atoms with Gasteiger partial charge in [0.05, 0.1) is 21.9 Å². The highest BCUT2D eigenvalue weighted by molar-refractivity contribution is 6.18. The van der Waals surface area contributed by atoms with Crippen LogP contribution in [-0.2, 0) is 9.59 Å². The van der Waals surface area contributed by atoms with E-state index in [4.69, 9.17) is 10.7 Å². The van der Waals surface area contributed by atoms with Gasteiger partial charge in [-0.2, -0.15) is 0 Å². The standard InChI is InChI=1S/C28H34N6O3/c1-2-22(35)33-12-6-17(7-13-33)18-4-5-21-19(14-18)23-24(32-21)20(25(29)36)15-31-26(23)34-11-3-8-28(16-34)9-10-30-27(28)37/h4-5,14-15,17,32H,2-3,6-13,16H2,1H3,(H2,29,36)(H,30,37). The molecule has 9 heteroatoms. The van der Waals surface area contributed by atoms with Crippen molar-refractivity contribution < 1.29 is 14.4 Å². The summed E-state index contributed by atoms with van der Waals surface area (Å²) < 4.78 is 0. The number of nitrogens with two attached hydrogens (primary N) is 1. The Kier molecular flexibility index (Phi) is 5.81. The highest BCUT2D eigenvalue weighted by Gasteiger charge is 2.45. The van der Waals surface area contributed by atoms with Gasteiger partial charge in [0.1, 0.15) is 5.82 Å². The molecule has 2 aromatic heterocycles. The summed E-state index contributed by atoms with van der Waals surface area (Å²) in [5.41, 5.74) is 8.59. The summed E-state index contributed by atoms with van der Waals surface area (Å²) in [6, 6.07) is 6.44. The maximum absolute atomic E-state index is 12.8. The first-order valence-corrected chi connectivity index (χ1v) is 13.5. The lowest BCUT2D eigenvalue weighted by molar-refractivity contribution is -0.132. The fourth-order valence-electron chi connectivity index (χ4n) is 6.68. The van der Waals surface area contributed by atoms with Crippen molar-refractivity contribution in [2.24, 2.45) is 11.1 Å². The molecule has 0 radical (unpaired) electrons. The third-order valence-electron chi connectivity index (χ3n) is 8.77. The molecule has 9 nitrogen and oxygen atoms in total. The molecule has 0 aliphatic carbocycles. The molecule has 1 aromatic carbocycles. The lowest BCUT2D eigenvalue weighted by atomic mass is 9.78. The van der Waals surface area contributed by atoms with Crippen molar-refractivity contribution in [1.29, 1.82) is 0 Å². The molecule has 3 aromatic rings. The van der Waals surface area contributed by atoms with Crippen LogP contribution in [0.4, 0.5) is 5.82 Å². The van der Waals surface area contributed by atoms with Crippen molar-refractivity contribution in [3.8, 4) is 0 Å². The molecule has 0 saturated carbocycles. The van der Waals surface area contributed by atoms with E-state index in [9.17, 15) is 14.4 Å². The van der Waals surface area contributed by atoms with Gasteiger partial charge in [-0.3, -0.25) is 14.4 Å². The summed E-state index contributed by atoms with van der Waals surface area (Å²) in [6.45, 7) is 5.61. The Hall–Kier alpha value is -3.62. The molecule has 3 fully saturated rings. The molecule has 0 bridgehead atoms. The predicted octanol–water partition coefficient (Wildman–Crippen LogP) is 3.04. The van der Waals surface area contributed by atoms with E-state index in [1.165, 1.54) is 5.56 Å². The highest BCUT2D eigenvalue weighted by Crippen LogP contribution is 2.42. The first-order valence-electron chi connectivity index (χ1n) is 13.5. The smallest absolute Gasteiger partial charge is 0.252 e. The monoisotopic (exact) mass is 502 g/mol. The molecule has 37 heavy (non-hydrogen) atoms. The predicted molar refractivity (Wildman–Crippen MR) is 142 cm³/mol. The summed E-state index contributed by atoms with van der Waals surface area (Å²) >= 11 is 0. The van der Waals surface area contributed by atoms with Gasteiger partial charge in [0.15, 0.2) is 0 Å². The number of nitrogens with zero attached hydrogens (tertiary/aromatic N) is 3. The number of nitrogens with one attached hydrogen (secondary N) is 2. The number of H-pyrrole nitrogens is 1. The van der Waals surface area contributed by atoms with E-state index in [-0.39, 0.29) is 17.2 Å². The van der Waals surface area contributed by atoms with Gasteiger partial charge in [-0.15, -0.1) is 0 Å². The Morgan fingerprint density at radius 3 is 2.70 bits per heavy atom. The molecule has 1 unspecified atom stereocenters. The largest absolute Gasteiger partial charge is 0.365 e. The molecular formula is C28H34N6O3. The van der Waals surface area contributed by atoms with E-state index in [0.29, 0.717) is 30.0 Å². The molecule has 3 saturated heterocycles. The zero-order valence-electron chi connectivity index (χ0n) is 21.3. The topological polar surface area (TPSA) is 124 Å². The number of hydrogen-bond acceptors (Lipinski definition) is 5. The first-order chi connectivity index (χ1) is 17.9. The minimum absolute atomic E-state index is 0.135. The second kappa shape index (κ2) is 9.04. The van der Waals surface area contributed by atoms with Crippen LogP contribution in [0.15, 0.2) is 24.4 Å². The van der Waals surface area contributed by atoms with Crippen molar-refractivity contribution in [1.82, 2.24) is 20.2 Å². The molecule has 3 aliphatic heterocycles. The number of hydrogen-bond donors (Lipinski definition) is 3. The van der Waals surface area contributed by atoms with Gasteiger partial charge >= 0.3 is 0 Å². The van der Waals surface area contributed by atoms with E-state index < -0.39 is 5.91 Å². The summed E-state index contributed by atoms with van der Waals surface area (Å²) in [7, 11) is 0. The molecule has 5 heterocycles. The quantitative estimate of drug-likeness (QED) is 0.506. The van der Waals surface area contributed by atoms with Crippen molar-refractivity contribution in [3.05, 3.63) is 35.5 Å². The third kappa shape index (κ3) is 3.91. The number of aromatic nitrogens is 2. The third-order valence-corrected chi connectivity index (χ3v) is 8.77. The number of aromatic amines is 1. The molecule has 3 aliphatic rings. The molecule has 3 amide bonds. The Morgan fingerprint density at radius 2 is 2.00 bits per heavy atom. The van der Waals surface area contributed by atoms with Crippen molar-refractivity contribution in [3.63, 3.8) is 0 Å². The van der Waals surface area contributed by atoms with Crippen LogP contribution in [0, 0.1) is 5.41 Å². The average Bonchev–Trinajstić information content (AvgIpc) is 3.47. The zero-order valence-corrected chi connectivity index (χ0v) is 21.3. The number of fused-ring (bicyclic) bond motifs is 3. The van der Waals surface area contributed by atoms with Gasteiger partial charge in [-0.05, 0) is 55.7 Å². The Balaban J connectivity index is 1.42. The van der Waals surface area contributed by atoms with Crippen molar-refractivity contribution in [2.45, 2.75) is 51.4 Å². The number of carbonyl (C=O) groups excluding carboxylic acids is 3. The van der Waals surface area contributed by atoms with E-state index in [1.807, 2.05) is 11.8 Å². The van der Waals surface area contributed by atoms with E-state index >= 15 is 0 Å². The molecule has 1 atom stereocenters. The van der Waals surface area contributed by atoms with Crippen LogP contribution in [0.5, 0.6) is 0 Å². The number of primary amides is 1. The van der Waals surface area contributed by atoms with Crippen LogP contribution in [0.25, 0.3) is 21.8 Å². The summed E-state index contributed by atoms with van der Waals surface area (Å²) in [4.78, 5) is 49.6. The average molecular weight is 503 g/mol. The maximum atomic E-state index is 12.8. The van der Waals surface area contributed by atoms with Crippen LogP contribution in [0.3, 0.4) is 0 Å². The van der Waals surface area contributed by atoms with E-state index in [2.05, 4.69) is 33.4 Å². The Morgan fingerprint density at radius 1 is 1.19 bits per heavy atom. The van der Waals surface area contributed by atoms with E-state index in [0.717, 1.165) is 80.4 Å². The first kappa shape index (κ1) is 23.8. The highest BCUT2D eigenvalue weighted by atomic mass is 16.2. The van der Waals surface area contributed by atoms with Crippen LogP contribution in [0.1, 0.15) is 67.3 Å². The van der Waals surface area contributed by atoms with Crippen LogP contribution in [-0.4, -0.2) is 65.3 Å².